The van der Waals surface area contributed by atoms with Crippen LogP contribution >= 0.6 is 0 Å². The summed E-state index contributed by atoms with van der Waals surface area (Å²) in [6.45, 7) is 8.15. The van der Waals surface area contributed by atoms with E-state index in [1.807, 2.05) is 0 Å². The van der Waals surface area contributed by atoms with Crippen molar-refractivity contribution < 1.29 is 0 Å². The summed E-state index contributed by atoms with van der Waals surface area (Å²) < 4.78 is 0. The topological polar surface area (TPSA) is 3.24 Å². The van der Waals surface area contributed by atoms with Crippen molar-refractivity contribution in [2.24, 2.45) is 5.41 Å². The van der Waals surface area contributed by atoms with Gasteiger partial charge in [0, 0.05) is 19.3 Å². The minimum Gasteiger partial charge on any atom is -0.374 e. The molecular formula is C15H23N. The lowest BCUT2D eigenvalue weighted by molar-refractivity contribution is 0.378. The average molecular weight is 217 g/mol. The second kappa shape index (κ2) is 4.12. The van der Waals surface area contributed by atoms with E-state index < -0.39 is 0 Å². The molecule has 1 aliphatic rings. The van der Waals surface area contributed by atoms with Crippen molar-refractivity contribution in [1.29, 1.82) is 0 Å². The molecule has 0 saturated carbocycles. The smallest absolute Gasteiger partial charge is 0.0399 e. The first-order valence-electron chi connectivity index (χ1n) is 6.29. The quantitative estimate of drug-likeness (QED) is 0.731. The Balaban J connectivity index is 2.17. The molecule has 0 radical (unpaired) electrons. The Hall–Kier alpha value is -0.980. The van der Waals surface area contributed by atoms with Gasteiger partial charge in [-0.2, -0.15) is 0 Å². The number of nitrogens with zero attached hydrogens (tertiary/aromatic N) is 1. The van der Waals surface area contributed by atoms with Gasteiger partial charge in [0.25, 0.3) is 0 Å². The molecular weight excluding hydrogens is 194 g/mol. The lowest BCUT2D eigenvalue weighted by Crippen LogP contribution is -2.12. The number of fused-ring (bicyclic) bond motifs is 1. The van der Waals surface area contributed by atoms with Crippen LogP contribution in [0.4, 0.5) is 5.69 Å². The first kappa shape index (κ1) is 11.5. The highest BCUT2D eigenvalue weighted by Gasteiger charge is 2.19. The molecule has 1 aliphatic heterocycles. The molecule has 0 bridgehead atoms. The maximum atomic E-state index is 2.37. The summed E-state index contributed by atoms with van der Waals surface area (Å²) in [7, 11) is 2.19. The van der Waals surface area contributed by atoms with Gasteiger partial charge in [-0.3, -0.25) is 0 Å². The van der Waals surface area contributed by atoms with Gasteiger partial charge in [0.2, 0.25) is 0 Å². The van der Waals surface area contributed by atoms with Crippen LogP contribution in [0.2, 0.25) is 0 Å². The molecule has 88 valence electrons. The van der Waals surface area contributed by atoms with Crippen LogP contribution in [0, 0.1) is 5.41 Å². The minimum absolute atomic E-state index is 0.438. The highest BCUT2D eigenvalue weighted by atomic mass is 15.1. The molecule has 1 nitrogen and oxygen atoms in total. The van der Waals surface area contributed by atoms with E-state index in [1.54, 1.807) is 11.1 Å². The maximum absolute atomic E-state index is 2.37. The fourth-order valence-corrected chi connectivity index (χ4v) is 2.41. The second-order valence-electron chi connectivity index (χ2n) is 6.15. The van der Waals surface area contributed by atoms with Crippen LogP contribution in [-0.2, 0) is 12.8 Å². The monoisotopic (exact) mass is 217 g/mol. The van der Waals surface area contributed by atoms with E-state index in [-0.39, 0.29) is 0 Å². The molecule has 0 N–H and O–H groups in total. The Morgan fingerprint density at radius 2 is 2.00 bits per heavy atom. The van der Waals surface area contributed by atoms with Crippen molar-refractivity contribution in [2.45, 2.75) is 40.0 Å². The molecule has 0 aliphatic carbocycles. The van der Waals surface area contributed by atoms with Gasteiger partial charge in [-0.1, -0.05) is 32.9 Å². The van der Waals surface area contributed by atoms with Crippen LogP contribution in [0.25, 0.3) is 0 Å². The van der Waals surface area contributed by atoms with E-state index in [4.69, 9.17) is 0 Å². The van der Waals surface area contributed by atoms with Gasteiger partial charge in [0.15, 0.2) is 0 Å². The molecule has 0 spiro atoms. The standard InChI is InChI=1S/C15H23N/c1-15(2,3)10-8-12-6-5-7-14-13(12)9-11-16(14)4/h5-7H,8-11H2,1-4H3. The first-order chi connectivity index (χ1) is 7.47. The predicted octanol–water partition coefficient (Wildman–Crippen LogP) is 3.66. The summed E-state index contributed by atoms with van der Waals surface area (Å²) in [6.07, 6.45) is 3.72. The SMILES string of the molecule is CN1CCc2c(CCC(C)(C)C)cccc21. The number of benzene rings is 1. The third kappa shape index (κ3) is 2.40. The minimum atomic E-state index is 0.438. The molecule has 0 fully saturated rings. The zero-order valence-corrected chi connectivity index (χ0v) is 11.0. The number of anilines is 1. The van der Waals surface area contributed by atoms with E-state index in [0.717, 1.165) is 0 Å². The maximum Gasteiger partial charge on any atom is 0.0399 e. The predicted molar refractivity (Wildman–Crippen MR) is 71.2 cm³/mol. The van der Waals surface area contributed by atoms with Crippen LogP contribution in [0.3, 0.4) is 0 Å². The molecule has 0 saturated heterocycles. The molecule has 1 heteroatoms. The van der Waals surface area contributed by atoms with Crippen molar-refractivity contribution in [3.63, 3.8) is 0 Å². The van der Waals surface area contributed by atoms with Crippen molar-refractivity contribution in [1.82, 2.24) is 0 Å². The fourth-order valence-electron chi connectivity index (χ4n) is 2.41. The van der Waals surface area contributed by atoms with E-state index >= 15 is 0 Å². The molecule has 1 heterocycles. The highest BCUT2D eigenvalue weighted by Crippen LogP contribution is 2.31. The molecule has 16 heavy (non-hydrogen) atoms. The van der Waals surface area contributed by atoms with Crippen molar-refractivity contribution in [3.8, 4) is 0 Å². The third-order valence-corrected chi connectivity index (χ3v) is 3.50. The van der Waals surface area contributed by atoms with Gasteiger partial charge < -0.3 is 4.90 Å². The molecule has 2 rings (SSSR count). The number of likely N-dealkylation sites (N-methyl/N-ethyl adjacent to an activating group) is 1. The third-order valence-electron chi connectivity index (χ3n) is 3.50. The Bertz CT molecular complexity index is 374. The van der Waals surface area contributed by atoms with Crippen LogP contribution in [0.5, 0.6) is 0 Å². The Morgan fingerprint density at radius 1 is 1.25 bits per heavy atom. The fraction of sp³-hybridized carbons (Fsp3) is 0.600. The zero-order chi connectivity index (χ0) is 11.8. The van der Waals surface area contributed by atoms with Crippen LogP contribution in [0.15, 0.2) is 18.2 Å². The molecule has 0 unspecified atom stereocenters. The zero-order valence-electron chi connectivity index (χ0n) is 11.0. The molecule has 0 atom stereocenters. The van der Waals surface area contributed by atoms with Crippen molar-refractivity contribution in [2.75, 3.05) is 18.5 Å². The normalized spacial score (nSPS) is 15.4. The summed E-state index contributed by atoms with van der Waals surface area (Å²) in [5.74, 6) is 0. The molecule has 0 aromatic heterocycles. The average Bonchev–Trinajstić information content (AvgIpc) is 2.57. The van der Waals surface area contributed by atoms with E-state index in [2.05, 4.69) is 50.9 Å². The Labute approximate surface area is 99.5 Å². The van der Waals surface area contributed by atoms with E-state index in [0.29, 0.717) is 5.41 Å². The van der Waals surface area contributed by atoms with Gasteiger partial charge in [0.05, 0.1) is 0 Å². The van der Waals surface area contributed by atoms with Crippen LogP contribution in [-0.4, -0.2) is 13.6 Å². The van der Waals surface area contributed by atoms with E-state index in [1.165, 1.54) is 31.5 Å². The first-order valence-corrected chi connectivity index (χ1v) is 6.29. The van der Waals surface area contributed by atoms with Crippen LogP contribution < -0.4 is 4.90 Å². The molecule has 0 amide bonds. The summed E-state index contributed by atoms with van der Waals surface area (Å²) in [4.78, 5) is 2.37. The lowest BCUT2D eigenvalue weighted by Gasteiger charge is -2.19. The Morgan fingerprint density at radius 3 is 2.69 bits per heavy atom. The molecule has 1 aromatic carbocycles. The number of rotatable bonds is 2. The van der Waals surface area contributed by atoms with Gasteiger partial charge >= 0.3 is 0 Å². The van der Waals surface area contributed by atoms with Crippen LogP contribution in [0.1, 0.15) is 38.3 Å². The van der Waals surface area contributed by atoms with Crippen molar-refractivity contribution in [3.05, 3.63) is 29.3 Å². The van der Waals surface area contributed by atoms with Gasteiger partial charge in [0.1, 0.15) is 0 Å². The number of hydrogen-bond donors (Lipinski definition) is 0. The summed E-state index contributed by atoms with van der Waals surface area (Å²) >= 11 is 0. The summed E-state index contributed by atoms with van der Waals surface area (Å²) in [6, 6.07) is 6.77. The van der Waals surface area contributed by atoms with Gasteiger partial charge in [-0.05, 0) is 41.9 Å². The Kier molecular flexibility index (Phi) is 2.96. The van der Waals surface area contributed by atoms with Crippen molar-refractivity contribution >= 4 is 5.69 Å². The number of aryl methyl sites for hydroxylation is 1. The summed E-state index contributed by atoms with van der Waals surface area (Å²) in [5.41, 5.74) is 5.05. The summed E-state index contributed by atoms with van der Waals surface area (Å²) in [5, 5.41) is 0. The van der Waals surface area contributed by atoms with Gasteiger partial charge in [-0.15, -0.1) is 0 Å². The second-order valence-corrected chi connectivity index (χ2v) is 6.15. The molecule has 1 aromatic rings. The lowest BCUT2D eigenvalue weighted by atomic mass is 9.87. The number of hydrogen-bond acceptors (Lipinski definition) is 1. The largest absolute Gasteiger partial charge is 0.374 e. The highest BCUT2D eigenvalue weighted by molar-refractivity contribution is 5.60. The van der Waals surface area contributed by atoms with Gasteiger partial charge in [-0.25, -0.2) is 0 Å². The van der Waals surface area contributed by atoms with E-state index in [9.17, 15) is 0 Å².